The lowest BCUT2D eigenvalue weighted by Gasteiger charge is -2.25. The minimum absolute atomic E-state index is 0.242. The summed E-state index contributed by atoms with van der Waals surface area (Å²) in [5.74, 6) is 1.86. The number of rotatable bonds is 11. The number of thiazole rings is 1. The average Bonchev–Trinajstić information content (AvgIpc) is 3.85. The first kappa shape index (κ1) is 39.1. The van der Waals surface area contributed by atoms with Gasteiger partial charge in [0.05, 0.1) is 10.2 Å². The van der Waals surface area contributed by atoms with E-state index in [-0.39, 0.29) is 5.41 Å². The summed E-state index contributed by atoms with van der Waals surface area (Å²) < 4.78 is 3.45. The number of allylic oxidation sites excluding steroid dienone is 9. The smallest absolute Gasteiger partial charge is 0.164 e. The molecular formula is C52H45BN5S. The highest BCUT2D eigenvalue weighted by Gasteiger charge is 2.38. The molecule has 0 saturated carbocycles. The van der Waals surface area contributed by atoms with Gasteiger partial charge in [-0.3, -0.25) is 0 Å². The third-order valence-electron chi connectivity index (χ3n) is 11.1. The lowest BCUT2D eigenvalue weighted by Crippen LogP contribution is -2.17. The van der Waals surface area contributed by atoms with Crippen molar-refractivity contribution < 1.29 is 0 Å². The predicted octanol–water partition coefficient (Wildman–Crippen LogP) is 13.5. The van der Waals surface area contributed by atoms with Crippen molar-refractivity contribution in [3.05, 3.63) is 198 Å². The van der Waals surface area contributed by atoms with Crippen LogP contribution in [0.2, 0.25) is 6.82 Å². The SMILES string of the molecule is C=C/C=C\C1=C([B]C)C(C)(C)/C(=C/c2c(C)c(/C=C\C=C)c(C)n2-c2cccc(-c3nc4cc(-c5nc(-c6ccccc6)nc(-c6ccccc6)n5)ccc4s3)c2)C1=C. The maximum Gasteiger partial charge on any atom is 0.164 e. The fourth-order valence-electron chi connectivity index (χ4n) is 8.14. The lowest BCUT2D eigenvalue weighted by molar-refractivity contribution is 0.595. The molecule has 0 N–H and O–H groups in total. The van der Waals surface area contributed by atoms with Crippen LogP contribution in [-0.2, 0) is 0 Å². The molecular weight excluding hydrogens is 737 g/mol. The van der Waals surface area contributed by atoms with E-state index >= 15 is 0 Å². The zero-order valence-corrected chi connectivity index (χ0v) is 35.0. The minimum Gasteiger partial charge on any atom is -0.314 e. The molecule has 4 aromatic carbocycles. The molecule has 0 amide bonds. The second kappa shape index (κ2) is 16.3. The second-order valence-electron chi connectivity index (χ2n) is 15.1. The van der Waals surface area contributed by atoms with Gasteiger partial charge in [-0.1, -0.05) is 155 Å². The Kier molecular flexibility index (Phi) is 10.8. The molecule has 1 aliphatic rings. The zero-order chi connectivity index (χ0) is 41.3. The molecule has 287 valence electrons. The highest BCUT2D eigenvalue weighted by molar-refractivity contribution is 7.21. The molecule has 3 heterocycles. The summed E-state index contributed by atoms with van der Waals surface area (Å²) in [5.41, 5.74) is 14.8. The summed E-state index contributed by atoms with van der Waals surface area (Å²) in [6, 6.07) is 35.1. The zero-order valence-electron chi connectivity index (χ0n) is 34.2. The van der Waals surface area contributed by atoms with Crippen LogP contribution >= 0.6 is 11.3 Å². The Hall–Kier alpha value is -6.70. The van der Waals surface area contributed by atoms with Gasteiger partial charge in [-0.2, -0.15) is 0 Å². The molecule has 3 aromatic heterocycles. The van der Waals surface area contributed by atoms with E-state index in [0.717, 1.165) is 65.7 Å². The maximum absolute atomic E-state index is 5.21. The van der Waals surface area contributed by atoms with Crippen molar-refractivity contribution >= 4 is 41.0 Å². The van der Waals surface area contributed by atoms with E-state index in [0.29, 0.717) is 17.5 Å². The van der Waals surface area contributed by atoms with Crippen LogP contribution in [0.15, 0.2) is 175 Å². The van der Waals surface area contributed by atoms with Crippen LogP contribution in [0.25, 0.3) is 72.8 Å². The maximum atomic E-state index is 5.21. The molecule has 7 heteroatoms. The molecule has 0 unspecified atom stereocenters. The lowest BCUT2D eigenvalue weighted by atomic mass is 9.60. The number of fused-ring (bicyclic) bond motifs is 1. The summed E-state index contributed by atoms with van der Waals surface area (Å²) in [4.78, 5) is 20.0. The fourth-order valence-corrected chi connectivity index (χ4v) is 9.08. The quantitative estimate of drug-likeness (QED) is 0.0969. The van der Waals surface area contributed by atoms with Crippen LogP contribution in [0.4, 0.5) is 0 Å². The molecule has 0 saturated heterocycles. The Labute approximate surface area is 352 Å². The van der Waals surface area contributed by atoms with Crippen molar-refractivity contribution in [2.75, 3.05) is 0 Å². The number of hydrogen-bond acceptors (Lipinski definition) is 5. The van der Waals surface area contributed by atoms with E-state index in [9.17, 15) is 0 Å². The number of benzene rings is 4. The highest BCUT2D eigenvalue weighted by Crippen LogP contribution is 2.50. The predicted molar refractivity (Wildman–Crippen MR) is 252 cm³/mol. The molecule has 7 aromatic rings. The van der Waals surface area contributed by atoms with E-state index < -0.39 is 0 Å². The molecule has 0 aliphatic heterocycles. The van der Waals surface area contributed by atoms with Gasteiger partial charge in [0, 0.05) is 44.7 Å². The summed E-state index contributed by atoms with van der Waals surface area (Å²) >= 11 is 1.68. The van der Waals surface area contributed by atoms with Crippen LogP contribution in [0.5, 0.6) is 0 Å². The molecule has 1 radical (unpaired) electrons. The topological polar surface area (TPSA) is 56.5 Å². The first-order chi connectivity index (χ1) is 28.6. The van der Waals surface area contributed by atoms with E-state index in [1.54, 1.807) is 11.3 Å². The second-order valence-corrected chi connectivity index (χ2v) is 16.1. The monoisotopic (exact) mass is 782 g/mol. The van der Waals surface area contributed by atoms with E-state index in [4.69, 9.17) is 19.9 Å². The molecule has 8 rings (SSSR count). The first-order valence-corrected chi connectivity index (χ1v) is 20.6. The highest BCUT2D eigenvalue weighted by atomic mass is 32.1. The first-order valence-electron chi connectivity index (χ1n) is 19.8. The van der Waals surface area contributed by atoms with Crippen LogP contribution in [-0.4, -0.2) is 31.8 Å². The molecule has 5 nitrogen and oxygen atoms in total. The molecule has 0 atom stereocenters. The molecule has 0 spiro atoms. The normalized spacial score (nSPS) is 14.7. The van der Waals surface area contributed by atoms with Crippen molar-refractivity contribution in [2.24, 2.45) is 5.41 Å². The van der Waals surface area contributed by atoms with Crippen molar-refractivity contribution in [1.82, 2.24) is 24.5 Å². The Morgan fingerprint density at radius 1 is 0.695 bits per heavy atom. The Bertz CT molecular complexity index is 2850. The number of aromatic nitrogens is 5. The van der Waals surface area contributed by atoms with Crippen LogP contribution in [0.1, 0.15) is 36.4 Å². The summed E-state index contributed by atoms with van der Waals surface area (Å²) in [6.07, 6.45) is 14.3. The Morgan fingerprint density at radius 3 is 1.93 bits per heavy atom. The molecule has 0 fully saturated rings. The largest absolute Gasteiger partial charge is 0.314 e. The summed E-state index contributed by atoms with van der Waals surface area (Å²) in [7, 11) is 2.21. The summed E-state index contributed by atoms with van der Waals surface area (Å²) in [6.45, 7) is 23.5. The van der Waals surface area contributed by atoms with E-state index in [1.807, 2.05) is 85.0 Å². The van der Waals surface area contributed by atoms with Crippen LogP contribution in [0, 0.1) is 19.3 Å². The Morgan fingerprint density at radius 2 is 1.31 bits per heavy atom. The van der Waals surface area contributed by atoms with Crippen molar-refractivity contribution in [3.8, 4) is 50.4 Å². The van der Waals surface area contributed by atoms with Crippen LogP contribution < -0.4 is 0 Å². The van der Waals surface area contributed by atoms with E-state index in [1.165, 1.54) is 22.2 Å². The van der Waals surface area contributed by atoms with Crippen molar-refractivity contribution in [3.63, 3.8) is 0 Å². The van der Waals surface area contributed by atoms with Gasteiger partial charge in [0.1, 0.15) is 12.3 Å². The van der Waals surface area contributed by atoms with Gasteiger partial charge in [-0.05, 0) is 78.1 Å². The van der Waals surface area contributed by atoms with Crippen LogP contribution in [0.3, 0.4) is 0 Å². The molecule has 0 bridgehead atoms. The van der Waals surface area contributed by atoms with E-state index in [2.05, 4.69) is 127 Å². The summed E-state index contributed by atoms with van der Waals surface area (Å²) in [5, 5.41) is 0.939. The number of hydrogen-bond donors (Lipinski definition) is 0. The van der Waals surface area contributed by atoms with Gasteiger partial charge >= 0.3 is 0 Å². The third kappa shape index (κ3) is 7.35. The number of nitrogens with zero attached hydrogens (tertiary/aromatic N) is 5. The standard InChI is InChI=1S/C52H45BN5S/c1-9-11-26-41-34(4)45(32-43-33(3)42(27-12-10-2)47(53-8)52(43,6)7)58(35(41)5)40-25-19-24-39(30-40)51-54-44-31-38(28-29-46(44)59-51)50-56-48(36-20-15-13-16-21-36)55-49(57-50)37-22-17-14-18-23-37/h9-32H,1-3H2,4-8H3/b26-11-,27-12-,43-32+. The van der Waals surface area contributed by atoms with Gasteiger partial charge in [0.25, 0.3) is 0 Å². The third-order valence-corrected chi connectivity index (χ3v) is 12.2. The average molecular weight is 783 g/mol. The fraction of sp³-hybridized carbons (Fsp3) is 0.115. The molecule has 59 heavy (non-hydrogen) atoms. The molecule has 1 aliphatic carbocycles. The van der Waals surface area contributed by atoms with Gasteiger partial charge in [0.15, 0.2) is 17.5 Å². The van der Waals surface area contributed by atoms with Gasteiger partial charge in [0.2, 0.25) is 0 Å². The van der Waals surface area contributed by atoms with Gasteiger partial charge < -0.3 is 4.57 Å². The van der Waals surface area contributed by atoms with Crippen molar-refractivity contribution in [1.29, 1.82) is 0 Å². The minimum atomic E-state index is -0.242. The van der Waals surface area contributed by atoms with Gasteiger partial charge in [-0.15, -0.1) is 11.3 Å². The van der Waals surface area contributed by atoms with Crippen molar-refractivity contribution in [2.45, 2.75) is 34.5 Å². The Balaban J connectivity index is 1.21. The van der Waals surface area contributed by atoms with Gasteiger partial charge in [-0.25, -0.2) is 19.9 Å².